The van der Waals surface area contributed by atoms with Gasteiger partial charge < -0.3 is 10.7 Å². The highest BCUT2D eigenvalue weighted by atomic mass is 32.1. The summed E-state index contributed by atoms with van der Waals surface area (Å²) in [5.74, 6) is 5.00. The molecule has 0 radical (unpaired) electrons. The van der Waals surface area contributed by atoms with Crippen LogP contribution >= 0.6 is 12.2 Å². The van der Waals surface area contributed by atoms with Crippen LogP contribution in [-0.4, -0.2) is 11.5 Å². The van der Waals surface area contributed by atoms with E-state index in [1.165, 1.54) is 0 Å². The summed E-state index contributed by atoms with van der Waals surface area (Å²) in [5.41, 5.74) is 3.23. The summed E-state index contributed by atoms with van der Waals surface area (Å²) in [4.78, 5) is 0.581. The minimum absolute atomic E-state index is 0.557. The van der Waals surface area contributed by atoms with Crippen molar-refractivity contribution in [1.29, 1.82) is 0 Å². The number of nitrogens with two attached hydrogens (primary N) is 1. The Morgan fingerprint density at radius 2 is 2.33 bits per heavy atom. The third-order valence-corrected chi connectivity index (χ3v) is 0.974. The fourth-order valence-corrected chi connectivity index (χ4v) is 0.354. The van der Waals surface area contributed by atoms with Gasteiger partial charge in [0.2, 0.25) is 0 Å². The van der Waals surface area contributed by atoms with E-state index in [0.29, 0.717) is 11.5 Å². The Hall–Kier alpha value is -0.610. The Morgan fingerprint density at radius 1 is 1.78 bits per heavy atom. The van der Waals surface area contributed by atoms with Crippen molar-refractivity contribution < 1.29 is 0 Å². The van der Waals surface area contributed by atoms with Gasteiger partial charge in [0.1, 0.15) is 4.99 Å². The third-order valence-electron chi connectivity index (χ3n) is 0.712. The number of nitrogens with one attached hydrogen (secondary N) is 2. The van der Waals surface area contributed by atoms with E-state index >= 15 is 0 Å². The van der Waals surface area contributed by atoms with Gasteiger partial charge in [-0.1, -0.05) is 18.8 Å². The van der Waals surface area contributed by atoms with E-state index in [1.807, 2.05) is 6.92 Å². The van der Waals surface area contributed by atoms with E-state index < -0.39 is 0 Å². The first kappa shape index (κ1) is 8.39. The number of rotatable bonds is 3. The van der Waals surface area contributed by atoms with Gasteiger partial charge in [0.05, 0.1) is 6.54 Å². The minimum atomic E-state index is 0.557. The van der Waals surface area contributed by atoms with E-state index in [2.05, 4.69) is 17.3 Å². The molecule has 0 spiro atoms. The molecule has 0 aromatic rings. The molecular weight excluding hydrogens is 134 g/mol. The molecule has 9 heavy (non-hydrogen) atoms. The van der Waals surface area contributed by atoms with Crippen molar-refractivity contribution in [3.8, 4) is 0 Å². The van der Waals surface area contributed by atoms with E-state index in [9.17, 15) is 0 Å². The largest absolute Gasteiger partial charge is 0.383 e. The predicted octanol–water partition coefficient (Wildman–Crippen LogP) is -0.0997. The van der Waals surface area contributed by atoms with Crippen LogP contribution in [0.15, 0.2) is 12.3 Å². The maximum atomic E-state index is 5.00. The Bertz CT molecular complexity index is 121. The van der Waals surface area contributed by atoms with Crippen LogP contribution < -0.4 is 16.6 Å². The molecule has 0 aromatic heterocycles. The maximum Gasteiger partial charge on any atom is 0.109 e. The van der Waals surface area contributed by atoms with Crippen molar-refractivity contribution in [2.45, 2.75) is 6.92 Å². The molecule has 0 atom stereocenters. The topological polar surface area (TPSA) is 50.1 Å². The van der Waals surface area contributed by atoms with E-state index in [0.717, 1.165) is 5.70 Å². The molecule has 0 saturated heterocycles. The molecule has 52 valence electrons. The highest BCUT2D eigenvalue weighted by Gasteiger charge is 1.88. The average Bonchev–Trinajstić information content (AvgIpc) is 1.83. The van der Waals surface area contributed by atoms with Gasteiger partial charge >= 0.3 is 0 Å². The van der Waals surface area contributed by atoms with E-state index in [-0.39, 0.29) is 0 Å². The lowest BCUT2D eigenvalue weighted by Gasteiger charge is -2.04. The summed E-state index contributed by atoms with van der Waals surface area (Å²) >= 11 is 4.73. The number of hydrazine groups is 1. The number of allylic oxidation sites excluding steroid dienone is 1. The van der Waals surface area contributed by atoms with Gasteiger partial charge in [-0.05, 0) is 6.92 Å². The number of thiocarbonyl (C=S) groups is 1. The zero-order valence-corrected chi connectivity index (χ0v) is 6.22. The molecule has 0 aromatic carbocycles. The molecule has 0 heterocycles. The molecule has 4 heteroatoms. The van der Waals surface area contributed by atoms with Crippen LogP contribution in [0.4, 0.5) is 0 Å². The lowest BCUT2D eigenvalue weighted by Crippen LogP contribution is -2.35. The summed E-state index contributed by atoms with van der Waals surface area (Å²) in [6, 6.07) is 0. The molecule has 4 N–H and O–H groups in total. The van der Waals surface area contributed by atoms with Crippen LogP contribution in [0.2, 0.25) is 0 Å². The van der Waals surface area contributed by atoms with Crippen molar-refractivity contribution in [3.05, 3.63) is 12.3 Å². The number of hydrogen-bond donors (Lipinski definition) is 3. The Labute approximate surface area is 60.3 Å². The quantitative estimate of drug-likeness (QED) is 0.295. The molecule has 0 bridgehead atoms. The molecule has 0 aliphatic carbocycles. The zero-order chi connectivity index (χ0) is 7.28. The highest BCUT2D eigenvalue weighted by Crippen LogP contribution is 1.76. The molecule has 0 saturated carbocycles. The van der Waals surface area contributed by atoms with Crippen LogP contribution in [0, 0.1) is 0 Å². The van der Waals surface area contributed by atoms with Crippen LogP contribution in [0.3, 0.4) is 0 Å². The highest BCUT2D eigenvalue weighted by molar-refractivity contribution is 7.80. The fourth-order valence-electron chi connectivity index (χ4n) is 0.282. The SMILES string of the molecule is C=C(C)NCC(=S)NN. The van der Waals surface area contributed by atoms with Gasteiger partial charge in [-0.15, -0.1) is 0 Å². The first-order valence-corrected chi connectivity index (χ1v) is 2.96. The monoisotopic (exact) mass is 145 g/mol. The molecule has 0 amide bonds. The summed E-state index contributed by atoms with van der Waals surface area (Å²) in [6.07, 6.45) is 0. The van der Waals surface area contributed by atoms with Gasteiger partial charge in [0.15, 0.2) is 0 Å². The molecule has 3 nitrogen and oxygen atoms in total. The summed E-state index contributed by atoms with van der Waals surface area (Å²) in [6.45, 7) is 6.04. The first-order chi connectivity index (χ1) is 4.16. The average molecular weight is 145 g/mol. The normalized spacial score (nSPS) is 8.22. The fraction of sp³-hybridized carbons (Fsp3) is 0.400. The molecular formula is C5H11N3S. The number of hydrogen-bond acceptors (Lipinski definition) is 3. The maximum absolute atomic E-state index is 5.00. The van der Waals surface area contributed by atoms with Crippen molar-refractivity contribution in [2.24, 2.45) is 5.84 Å². The van der Waals surface area contributed by atoms with Crippen molar-refractivity contribution >= 4 is 17.2 Å². The van der Waals surface area contributed by atoms with E-state index in [4.69, 9.17) is 18.1 Å². The van der Waals surface area contributed by atoms with Crippen molar-refractivity contribution in [2.75, 3.05) is 6.54 Å². The second-order valence-electron chi connectivity index (χ2n) is 1.70. The Morgan fingerprint density at radius 3 is 2.67 bits per heavy atom. The summed E-state index contributed by atoms with van der Waals surface area (Å²) in [5, 5.41) is 2.92. The van der Waals surface area contributed by atoms with Crippen LogP contribution in [0.25, 0.3) is 0 Å². The zero-order valence-electron chi connectivity index (χ0n) is 5.40. The van der Waals surface area contributed by atoms with Gasteiger partial charge in [-0.25, -0.2) is 5.84 Å². The Kier molecular flexibility index (Phi) is 4.00. The standard InChI is InChI=1S/C5H11N3S/c1-4(2)7-3-5(9)8-6/h7H,1,3,6H2,2H3,(H,8,9). The summed E-state index contributed by atoms with van der Waals surface area (Å²) < 4.78 is 0. The smallest absolute Gasteiger partial charge is 0.109 e. The van der Waals surface area contributed by atoms with Crippen molar-refractivity contribution in [3.63, 3.8) is 0 Å². The predicted molar refractivity (Wildman–Crippen MR) is 42.7 cm³/mol. The molecule has 0 aliphatic rings. The second-order valence-corrected chi connectivity index (χ2v) is 2.19. The lowest BCUT2D eigenvalue weighted by atomic mass is 10.5. The first-order valence-electron chi connectivity index (χ1n) is 2.55. The molecule has 0 fully saturated rings. The van der Waals surface area contributed by atoms with Crippen LogP contribution in [0.5, 0.6) is 0 Å². The van der Waals surface area contributed by atoms with Gasteiger partial charge in [-0.3, -0.25) is 0 Å². The van der Waals surface area contributed by atoms with Gasteiger partial charge in [-0.2, -0.15) is 0 Å². The second kappa shape index (κ2) is 4.29. The molecule has 0 rings (SSSR count). The van der Waals surface area contributed by atoms with E-state index in [1.54, 1.807) is 0 Å². The Balaban J connectivity index is 3.28. The lowest BCUT2D eigenvalue weighted by molar-refractivity contribution is 0.900. The van der Waals surface area contributed by atoms with Crippen LogP contribution in [0.1, 0.15) is 6.92 Å². The van der Waals surface area contributed by atoms with Gasteiger partial charge in [0.25, 0.3) is 0 Å². The minimum Gasteiger partial charge on any atom is -0.383 e. The molecule has 0 aliphatic heterocycles. The van der Waals surface area contributed by atoms with Crippen molar-refractivity contribution in [1.82, 2.24) is 10.7 Å². The third kappa shape index (κ3) is 5.26. The molecule has 0 unspecified atom stereocenters. The van der Waals surface area contributed by atoms with Gasteiger partial charge in [0, 0.05) is 5.70 Å². The summed E-state index contributed by atoms with van der Waals surface area (Å²) in [7, 11) is 0. The van der Waals surface area contributed by atoms with Crippen LogP contribution in [-0.2, 0) is 0 Å².